The number of hydrogen-bond acceptors (Lipinski definition) is 4. The van der Waals surface area contributed by atoms with Crippen LogP contribution in [-0.4, -0.2) is 29.3 Å². The second-order valence-corrected chi connectivity index (χ2v) is 4.65. The Morgan fingerprint density at radius 1 is 1.62 bits per heavy atom. The minimum Gasteiger partial charge on any atom is -0.396 e. The Bertz CT molecular complexity index is 358. The first-order valence-corrected chi connectivity index (χ1v) is 5.27. The first-order valence-electron chi connectivity index (χ1n) is 5.27. The van der Waals surface area contributed by atoms with Crippen LogP contribution in [0.3, 0.4) is 0 Å². The molecule has 0 unspecified atom stereocenters. The van der Waals surface area contributed by atoms with Crippen LogP contribution < -0.4 is 5.32 Å². The fourth-order valence-corrected chi connectivity index (χ4v) is 1.27. The molecule has 2 N–H and O–H groups in total. The van der Waals surface area contributed by atoms with Crippen molar-refractivity contribution in [2.24, 2.45) is 5.41 Å². The third kappa shape index (κ3) is 3.66. The van der Waals surface area contributed by atoms with Gasteiger partial charge in [0.05, 0.1) is 5.69 Å². The van der Waals surface area contributed by atoms with Crippen LogP contribution in [0.15, 0.2) is 10.6 Å². The summed E-state index contributed by atoms with van der Waals surface area (Å²) in [6.45, 7) is 6.33. The summed E-state index contributed by atoms with van der Waals surface area (Å²) in [5.41, 5.74) is 0.555. The Hall–Kier alpha value is -1.36. The SMILES string of the molecule is Cc1cc(C(=O)NCC(C)(C)CCO)on1. The van der Waals surface area contributed by atoms with Crippen LogP contribution in [0.5, 0.6) is 0 Å². The van der Waals surface area contributed by atoms with Crippen molar-refractivity contribution in [2.45, 2.75) is 27.2 Å². The lowest BCUT2D eigenvalue weighted by molar-refractivity contribution is 0.0891. The Morgan fingerprint density at radius 3 is 2.81 bits per heavy atom. The molecule has 1 aromatic rings. The molecule has 16 heavy (non-hydrogen) atoms. The van der Waals surface area contributed by atoms with E-state index in [9.17, 15) is 4.79 Å². The van der Waals surface area contributed by atoms with Crippen LogP contribution >= 0.6 is 0 Å². The summed E-state index contributed by atoms with van der Waals surface area (Å²) < 4.78 is 4.84. The summed E-state index contributed by atoms with van der Waals surface area (Å²) in [5, 5.41) is 15.2. The number of hydrogen-bond donors (Lipinski definition) is 2. The van der Waals surface area contributed by atoms with Crippen molar-refractivity contribution in [3.8, 4) is 0 Å². The molecular formula is C11H18N2O3. The van der Waals surface area contributed by atoms with Gasteiger partial charge in [0.15, 0.2) is 0 Å². The monoisotopic (exact) mass is 226 g/mol. The molecule has 1 aromatic heterocycles. The maximum atomic E-state index is 11.6. The van der Waals surface area contributed by atoms with Crippen molar-refractivity contribution in [1.29, 1.82) is 0 Å². The minimum atomic E-state index is -0.272. The zero-order valence-electron chi connectivity index (χ0n) is 9.91. The van der Waals surface area contributed by atoms with E-state index < -0.39 is 0 Å². The molecule has 0 aliphatic heterocycles. The normalized spacial score (nSPS) is 11.5. The number of nitrogens with zero attached hydrogens (tertiary/aromatic N) is 1. The summed E-state index contributed by atoms with van der Waals surface area (Å²) in [6, 6.07) is 1.59. The highest BCUT2D eigenvalue weighted by atomic mass is 16.5. The third-order valence-corrected chi connectivity index (χ3v) is 2.37. The van der Waals surface area contributed by atoms with E-state index in [1.54, 1.807) is 13.0 Å². The number of rotatable bonds is 5. The van der Waals surface area contributed by atoms with Crippen LogP contribution in [0.4, 0.5) is 0 Å². The Kier molecular flexibility index (Phi) is 4.06. The third-order valence-electron chi connectivity index (χ3n) is 2.37. The highest BCUT2D eigenvalue weighted by Gasteiger charge is 2.19. The van der Waals surface area contributed by atoms with Crippen molar-refractivity contribution >= 4 is 5.91 Å². The predicted octanol–water partition coefficient (Wildman–Crippen LogP) is 1.12. The summed E-state index contributed by atoms with van der Waals surface area (Å²) in [7, 11) is 0. The fraction of sp³-hybridized carbons (Fsp3) is 0.636. The van der Waals surface area contributed by atoms with Gasteiger partial charge in [0.2, 0.25) is 5.76 Å². The number of aliphatic hydroxyl groups excluding tert-OH is 1. The van der Waals surface area contributed by atoms with Crippen molar-refractivity contribution in [3.05, 3.63) is 17.5 Å². The molecule has 0 saturated carbocycles. The van der Waals surface area contributed by atoms with Crippen LogP contribution in [0.2, 0.25) is 0 Å². The fourth-order valence-electron chi connectivity index (χ4n) is 1.27. The standard InChI is InChI=1S/C11H18N2O3/c1-8-6-9(16-13-8)10(15)12-7-11(2,3)4-5-14/h6,14H,4-5,7H2,1-3H3,(H,12,15). The van der Waals surface area contributed by atoms with Crippen molar-refractivity contribution < 1.29 is 14.4 Å². The van der Waals surface area contributed by atoms with Gasteiger partial charge in [0.1, 0.15) is 0 Å². The molecule has 0 saturated heterocycles. The van der Waals surface area contributed by atoms with Gasteiger partial charge in [-0.15, -0.1) is 0 Å². The zero-order valence-corrected chi connectivity index (χ0v) is 9.91. The molecule has 1 rings (SSSR count). The first kappa shape index (κ1) is 12.7. The molecule has 5 nitrogen and oxygen atoms in total. The number of aryl methyl sites for hydroxylation is 1. The van der Waals surface area contributed by atoms with E-state index in [0.29, 0.717) is 18.7 Å². The molecular weight excluding hydrogens is 208 g/mol. The first-order chi connectivity index (χ1) is 7.44. The van der Waals surface area contributed by atoms with E-state index in [-0.39, 0.29) is 23.7 Å². The molecule has 0 fully saturated rings. The van der Waals surface area contributed by atoms with Crippen LogP contribution in [0.25, 0.3) is 0 Å². The van der Waals surface area contributed by atoms with Gasteiger partial charge in [0, 0.05) is 19.2 Å². The lowest BCUT2D eigenvalue weighted by Gasteiger charge is -2.23. The number of amides is 1. The Labute approximate surface area is 94.8 Å². The smallest absolute Gasteiger partial charge is 0.289 e. The molecule has 0 aliphatic rings. The largest absolute Gasteiger partial charge is 0.396 e. The van der Waals surface area contributed by atoms with Crippen molar-refractivity contribution in [2.75, 3.05) is 13.2 Å². The van der Waals surface area contributed by atoms with Gasteiger partial charge in [-0.3, -0.25) is 4.79 Å². The molecule has 90 valence electrons. The average Bonchev–Trinajstić information content (AvgIpc) is 2.61. The molecule has 0 aromatic carbocycles. The van der Waals surface area contributed by atoms with Gasteiger partial charge in [-0.1, -0.05) is 19.0 Å². The van der Waals surface area contributed by atoms with Gasteiger partial charge in [-0.25, -0.2) is 0 Å². The molecule has 1 heterocycles. The number of aromatic nitrogens is 1. The zero-order chi connectivity index (χ0) is 12.2. The van der Waals surface area contributed by atoms with E-state index in [0.717, 1.165) is 0 Å². The summed E-state index contributed by atoms with van der Waals surface area (Å²) >= 11 is 0. The van der Waals surface area contributed by atoms with E-state index in [4.69, 9.17) is 9.63 Å². The molecule has 0 bridgehead atoms. The lowest BCUT2D eigenvalue weighted by Crippen LogP contribution is -2.34. The molecule has 0 aliphatic carbocycles. The second-order valence-electron chi connectivity index (χ2n) is 4.65. The van der Waals surface area contributed by atoms with Gasteiger partial charge >= 0.3 is 0 Å². The number of carbonyl (C=O) groups excluding carboxylic acids is 1. The molecule has 1 amide bonds. The van der Waals surface area contributed by atoms with Crippen LogP contribution in [0, 0.1) is 12.3 Å². The Balaban J connectivity index is 2.47. The number of carbonyl (C=O) groups is 1. The number of nitrogens with one attached hydrogen (secondary N) is 1. The van der Waals surface area contributed by atoms with Crippen LogP contribution in [0.1, 0.15) is 36.5 Å². The highest BCUT2D eigenvalue weighted by molar-refractivity contribution is 5.91. The summed E-state index contributed by atoms with van der Waals surface area (Å²) in [6.07, 6.45) is 0.642. The summed E-state index contributed by atoms with van der Waals surface area (Å²) in [4.78, 5) is 11.6. The predicted molar refractivity (Wildman–Crippen MR) is 59.1 cm³/mol. The number of aliphatic hydroxyl groups is 1. The van der Waals surface area contributed by atoms with Gasteiger partial charge in [0.25, 0.3) is 5.91 Å². The van der Waals surface area contributed by atoms with Crippen molar-refractivity contribution in [1.82, 2.24) is 10.5 Å². The topological polar surface area (TPSA) is 75.4 Å². The molecule has 5 heteroatoms. The van der Waals surface area contributed by atoms with Gasteiger partial charge in [-0.2, -0.15) is 0 Å². The maximum absolute atomic E-state index is 11.6. The minimum absolute atomic E-state index is 0.115. The molecule has 0 atom stereocenters. The van der Waals surface area contributed by atoms with Crippen molar-refractivity contribution in [3.63, 3.8) is 0 Å². The quantitative estimate of drug-likeness (QED) is 0.789. The second kappa shape index (κ2) is 5.12. The molecule has 0 spiro atoms. The van der Waals surface area contributed by atoms with Gasteiger partial charge < -0.3 is 14.9 Å². The maximum Gasteiger partial charge on any atom is 0.289 e. The van der Waals surface area contributed by atoms with Crippen LogP contribution in [-0.2, 0) is 0 Å². The highest BCUT2D eigenvalue weighted by Crippen LogP contribution is 2.18. The average molecular weight is 226 g/mol. The van der Waals surface area contributed by atoms with E-state index >= 15 is 0 Å². The van der Waals surface area contributed by atoms with E-state index in [1.807, 2.05) is 13.8 Å². The van der Waals surface area contributed by atoms with E-state index in [2.05, 4.69) is 10.5 Å². The summed E-state index contributed by atoms with van der Waals surface area (Å²) in [5.74, 6) is -0.0519. The Morgan fingerprint density at radius 2 is 2.31 bits per heavy atom. The molecule has 0 radical (unpaired) electrons. The lowest BCUT2D eigenvalue weighted by atomic mass is 9.90. The van der Waals surface area contributed by atoms with Gasteiger partial charge in [-0.05, 0) is 18.8 Å². The van der Waals surface area contributed by atoms with E-state index in [1.165, 1.54) is 0 Å².